The van der Waals surface area contributed by atoms with Crippen molar-refractivity contribution < 1.29 is 9.53 Å². The molecular formula is C11H22N2O2. The van der Waals surface area contributed by atoms with Crippen LogP contribution in [0.2, 0.25) is 0 Å². The molecule has 0 aromatic rings. The van der Waals surface area contributed by atoms with Gasteiger partial charge < -0.3 is 15.4 Å². The van der Waals surface area contributed by atoms with Gasteiger partial charge in [0.25, 0.3) is 0 Å². The van der Waals surface area contributed by atoms with Crippen LogP contribution in [0.1, 0.15) is 26.7 Å². The molecule has 1 aliphatic heterocycles. The van der Waals surface area contributed by atoms with Gasteiger partial charge in [0.05, 0.1) is 5.92 Å². The molecule has 1 aliphatic rings. The number of rotatable bonds is 4. The van der Waals surface area contributed by atoms with Crippen LogP contribution in [0.15, 0.2) is 0 Å². The molecule has 1 saturated heterocycles. The maximum Gasteiger partial charge on any atom is 0.309 e. The first kappa shape index (κ1) is 12.5. The van der Waals surface area contributed by atoms with E-state index in [9.17, 15) is 4.79 Å². The van der Waals surface area contributed by atoms with Crippen LogP contribution in [-0.4, -0.2) is 38.3 Å². The fourth-order valence-electron chi connectivity index (χ4n) is 1.88. The topological polar surface area (TPSA) is 50.4 Å². The Kier molecular flexibility index (Phi) is 4.54. The zero-order valence-electron chi connectivity index (χ0n) is 9.93. The van der Waals surface area contributed by atoms with Gasteiger partial charge in [-0.2, -0.15) is 0 Å². The summed E-state index contributed by atoms with van der Waals surface area (Å²) in [5.41, 5.74) is -0.406. The van der Waals surface area contributed by atoms with Gasteiger partial charge in [0.1, 0.15) is 5.60 Å². The van der Waals surface area contributed by atoms with Gasteiger partial charge in [0.15, 0.2) is 0 Å². The molecule has 0 spiro atoms. The third-order valence-electron chi connectivity index (χ3n) is 2.65. The minimum absolute atomic E-state index is 0.0447. The lowest BCUT2D eigenvalue weighted by Gasteiger charge is -2.29. The molecule has 4 heteroatoms. The van der Waals surface area contributed by atoms with Crippen LogP contribution in [0, 0.1) is 5.92 Å². The minimum atomic E-state index is -0.406. The molecular weight excluding hydrogens is 192 g/mol. The molecule has 0 aromatic heterocycles. The van der Waals surface area contributed by atoms with Crippen molar-refractivity contribution in [2.75, 3.05) is 26.7 Å². The number of hydrogen-bond donors (Lipinski definition) is 2. The van der Waals surface area contributed by atoms with Gasteiger partial charge in [0, 0.05) is 6.54 Å². The van der Waals surface area contributed by atoms with E-state index in [2.05, 4.69) is 10.6 Å². The van der Waals surface area contributed by atoms with Gasteiger partial charge in [0.2, 0.25) is 0 Å². The summed E-state index contributed by atoms with van der Waals surface area (Å²) in [4.78, 5) is 11.8. The maximum atomic E-state index is 11.8. The molecule has 2 N–H and O–H groups in total. The molecule has 0 aromatic carbocycles. The van der Waals surface area contributed by atoms with Crippen LogP contribution in [0.5, 0.6) is 0 Å². The van der Waals surface area contributed by atoms with Gasteiger partial charge in [-0.05, 0) is 46.8 Å². The average molecular weight is 214 g/mol. The summed E-state index contributed by atoms with van der Waals surface area (Å²) in [6.45, 7) is 6.40. The highest BCUT2D eigenvalue weighted by Crippen LogP contribution is 2.17. The van der Waals surface area contributed by atoms with E-state index in [1.54, 1.807) is 0 Å². The minimum Gasteiger partial charge on any atom is -0.458 e. The molecule has 1 heterocycles. The van der Waals surface area contributed by atoms with Crippen molar-refractivity contribution in [3.8, 4) is 0 Å². The Labute approximate surface area is 91.8 Å². The van der Waals surface area contributed by atoms with E-state index in [4.69, 9.17) is 4.74 Å². The summed E-state index contributed by atoms with van der Waals surface area (Å²) in [5, 5.41) is 6.26. The summed E-state index contributed by atoms with van der Waals surface area (Å²) in [5.74, 6) is 0.0409. The van der Waals surface area contributed by atoms with Gasteiger partial charge >= 0.3 is 5.97 Å². The lowest BCUT2D eigenvalue weighted by Crippen LogP contribution is -2.41. The van der Waals surface area contributed by atoms with Gasteiger partial charge in [-0.15, -0.1) is 0 Å². The number of carbonyl (C=O) groups is 1. The van der Waals surface area contributed by atoms with E-state index >= 15 is 0 Å². The zero-order valence-corrected chi connectivity index (χ0v) is 9.93. The number of piperidine rings is 1. The predicted octanol–water partition coefficient (Wildman–Crippen LogP) is 0.527. The second-order valence-corrected chi connectivity index (χ2v) is 4.74. The molecule has 0 amide bonds. The molecule has 1 rings (SSSR count). The van der Waals surface area contributed by atoms with Crippen LogP contribution >= 0.6 is 0 Å². The van der Waals surface area contributed by atoms with Gasteiger partial charge in [-0.25, -0.2) is 0 Å². The quantitative estimate of drug-likeness (QED) is 0.670. The molecule has 15 heavy (non-hydrogen) atoms. The Hall–Kier alpha value is -0.610. The van der Waals surface area contributed by atoms with Crippen molar-refractivity contribution in [2.45, 2.75) is 32.3 Å². The highest BCUT2D eigenvalue weighted by atomic mass is 16.6. The molecule has 0 aliphatic carbocycles. The molecule has 0 bridgehead atoms. The molecule has 0 radical (unpaired) electrons. The van der Waals surface area contributed by atoms with Crippen LogP contribution in [0.3, 0.4) is 0 Å². The van der Waals surface area contributed by atoms with E-state index in [0.717, 1.165) is 25.9 Å². The Morgan fingerprint density at radius 2 is 2.07 bits per heavy atom. The lowest BCUT2D eigenvalue weighted by atomic mass is 9.98. The SMILES string of the molecule is CNCC(C)(C)OC(=O)C1CCNCC1. The Bertz CT molecular complexity index is 211. The third kappa shape index (κ3) is 4.18. The summed E-state index contributed by atoms with van der Waals surface area (Å²) < 4.78 is 5.49. The summed E-state index contributed by atoms with van der Waals surface area (Å²) in [6, 6.07) is 0. The Balaban J connectivity index is 2.39. The van der Waals surface area contributed by atoms with Crippen molar-refractivity contribution in [2.24, 2.45) is 5.92 Å². The number of carbonyl (C=O) groups excluding carboxylic acids is 1. The number of nitrogens with one attached hydrogen (secondary N) is 2. The van der Waals surface area contributed by atoms with E-state index < -0.39 is 5.60 Å². The fraction of sp³-hybridized carbons (Fsp3) is 0.909. The molecule has 0 saturated carbocycles. The van der Waals surface area contributed by atoms with Crippen molar-refractivity contribution in [3.63, 3.8) is 0 Å². The van der Waals surface area contributed by atoms with Crippen molar-refractivity contribution in [3.05, 3.63) is 0 Å². The second kappa shape index (κ2) is 5.47. The highest BCUT2D eigenvalue weighted by molar-refractivity contribution is 5.73. The van der Waals surface area contributed by atoms with Gasteiger partial charge in [-0.3, -0.25) is 4.79 Å². The Morgan fingerprint density at radius 1 is 1.47 bits per heavy atom. The first-order valence-electron chi connectivity index (χ1n) is 5.63. The van der Waals surface area contributed by atoms with Crippen LogP contribution in [0.4, 0.5) is 0 Å². The number of ether oxygens (including phenoxy) is 1. The van der Waals surface area contributed by atoms with E-state index in [1.807, 2.05) is 20.9 Å². The summed E-state index contributed by atoms with van der Waals surface area (Å²) >= 11 is 0. The van der Waals surface area contributed by atoms with Crippen molar-refractivity contribution in [1.82, 2.24) is 10.6 Å². The maximum absolute atomic E-state index is 11.8. The van der Waals surface area contributed by atoms with Crippen molar-refractivity contribution in [1.29, 1.82) is 0 Å². The number of hydrogen-bond acceptors (Lipinski definition) is 4. The lowest BCUT2D eigenvalue weighted by molar-refractivity contribution is -0.162. The monoisotopic (exact) mass is 214 g/mol. The number of likely N-dealkylation sites (N-methyl/N-ethyl adjacent to an activating group) is 1. The largest absolute Gasteiger partial charge is 0.458 e. The van der Waals surface area contributed by atoms with E-state index in [1.165, 1.54) is 0 Å². The fourth-order valence-corrected chi connectivity index (χ4v) is 1.88. The van der Waals surface area contributed by atoms with E-state index in [0.29, 0.717) is 6.54 Å². The van der Waals surface area contributed by atoms with E-state index in [-0.39, 0.29) is 11.9 Å². The average Bonchev–Trinajstić information content (AvgIpc) is 2.18. The van der Waals surface area contributed by atoms with Crippen LogP contribution in [0.25, 0.3) is 0 Å². The smallest absolute Gasteiger partial charge is 0.309 e. The first-order chi connectivity index (χ1) is 7.05. The van der Waals surface area contributed by atoms with Gasteiger partial charge in [-0.1, -0.05) is 0 Å². The molecule has 88 valence electrons. The highest BCUT2D eigenvalue weighted by Gasteiger charge is 2.28. The van der Waals surface area contributed by atoms with Crippen LogP contribution < -0.4 is 10.6 Å². The molecule has 4 nitrogen and oxygen atoms in total. The molecule has 0 atom stereocenters. The van der Waals surface area contributed by atoms with Crippen molar-refractivity contribution >= 4 is 5.97 Å². The standard InChI is InChI=1S/C11H22N2O2/c1-11(2,8-12-3)15-10(14)9-4-6-13-7-5-9/h9,12-13H,4-8H2,1-3H3. The number of esters is 1. The summed E-state index contributed by atoms with van der Waals surface area (Å²) in [7, 11) is 1.86. The molecule has 1 fully saturated rings. The normalized spacial score (nSPS) is 18.9. The van der Waals surface area contributed by atoms with Crippen LogP contribution in [-0.2, 0) is 9.53 Å². The predicted molar refractivity (Wildman–Crippen MR) is 59.7 cm³/mol. The zero-order chi connectivity index (χ0) is 11.3. The molecule has 0 unspecified atom stereocenters. The summed E-state index contributed by atoms with van der Waals surface area (Å²) in [6.07, 6.45) is 1.79. The second-order valence-electron chi connectivity index (χ2n) is 4.74. The Morgan fingerprint density at radius 3 is 2.60 bits per heavy atom. The first-order valence-corrected chi connectivity index (χ1v) is 5.63. The third-order valence-corrected chi connectivity index (χ3v) is 2.65.